The van der Waals surface area contributed by atoms with E-state index in [-0.39, 0.29) is 5.41 Å². The second-order valence-corrected chi connectivity index (χ2v) is 12.3. The van der Waals surface area contributed by atoms with Crippen molar-refractivity contribution in [1.82, 2.24) is 0 Å². The lowest BCUT2D eigenvalue weighted by Crippen LogP contribution is -2.44. The van der Waals surface area contributed by atoms with Gasteiger partial charge in [0.1, 0.15) is 0 Å². The monoisotopic (exact) mass is 306 g/mol. The molecule has 0 atom stereocenters. The SMILES string of the molecule is CC(C)(C)c1ccc2c(c1)-c1ccccc1[Si]2(Cl)Cl. The Bertz CT molecular complexity index is 654. The summed E-state index contributed by atoms with van der Waals surface area (Å²) in [4.78, 5) is 0. The van der Waals surface area contributed by atoms with Crippen LogP contribution in [0.15, 0.2) is 42.5 Å². The lowest BCUT2D eigenvalue weighted by molar-refractivity contribution is 0.590. The molecule has 0 saturated carbocycles. The van der Waals surface area contributed by atoms with E-state index < -0.39 is 6.69 Å². The second-order valence-electron chi connectivity index (χ2n) is 6.13. The Morgan fingerprint density at radius 3 is 2.16 bits per heavy atom. The van der Waals surface area contributed by atoms with Gasteiger partial charge in [0, 0.05) is 0 Å². The number of rotatable bonds is 0. The zero-order chi connectivity index (χ0) is 13.8. The van der Waals surface area contributed by atoms with Crippen LogP contribution in [0.2, 0.25) is 0 Å². The minimum Gasteiger partial charge on any atom is -0.134 e. The first-order chi connectivity index (χ1) is 8.82. The largest absolute Gasteiger partial charge is 0.311 e. The molecular formula is C16H16Cl2Si. The van der Waals surface area contributed by atoms with Gasteiger partial charge in [-0.05, 0) is 32.5 Å². The molecule has 0 bridgehead atoms. The third-order valence-corrected chi connectivity index (χ3v) is 8.45. The molecule has 0 fully saturated rings. The summed E-state index contributed by atoms with van der Waals surface area (Å²) in [6, 6.07) is 14.8. The highest BCUT2D eigenvalue weighted by molar-refractivity contribution is 7.57. The van der Waals surface area contributed by atoms with E-state index in [0.29, 0.717) is 0 Å². The Labute approximate surface area is 124 Å². The lowest BCUT2D eigenvalue weighted by Gasteiger charge is -2.21. The molecule has 0 nitrogen and oxygen atoms in total. The quantitative estimate of drug-likeness (QED) is 0.510. The van der Waals surface area contributed by atoms with Gasteiger partial charge < -0.3 is 0 Å². The number of halogens is 2. The van der Waals surface area contributed by atoms with Crippen LogP contribution in [0.4, 0.5) is 0 Å². The predicted molar refractivity (Wildman–Crippen MR) is 87.3 cm³/mol. The first-order valence-electron chi connectivity index (χ1n) is 6.44. The normalized spacial score (nSPS) is 16.1. The van der Waals surface area contributed by atoms with Crippen molar-refractivity contribution in [3.63, 3.8) is 0 Å². The summed E-state index contributed by atoms with van der Waals surface area (Å²) in [7, 11) is 0. The molecule has 19 heavy (non-hydrogen) atoms. The molecule has 3 rings (SSSR count). The smallest absolute Gasteiger partial charge is 0.134 e. The molecule has 0 unspecified atom stereocenters. The molecule has 0 spiro atoms. The summed E-state index contributed by atoms with van der Waals surface area (Å²) >= 11 is 13.4. The molecule has 3 heteroatoms. The van der Waals surface area contributed by atoms with Gasteiger partial charge in [0.05, 0.1) is 0 Å². The fourth-order valence-electron chi connectivity index (χ4n) is 2.64. The third-order valence-electron chi connectivity index (χ3n) is 3.78. The van der Waals surface area contributed by atoms with Gasteiger partial charge in [0.15, 0.2) is 0 Å². The molecule has 2 aromatic rings. The molecule has 2 aromatic carbocycles. The minimum absolute atomic E-state index is 0.134. The van der Waals surface area contributed by atoms with Crippen LogP contribution in [0, 0.1) is 0 Å². The molecule has 1 aliphatic heterocycles. The predicted octanol–water partition coefficient (Wildman–Crippen LogP) is 4.00. The molecule has 0 saturated heterocycles. The van der Waals surface area contributed by atoms with Crippen LogP contribution in [0.1, 0.15) is 26.3 Å². The van der Waals surface area contributed by atoms with Crippen molar-refractivity contribution in [3.05, 3.63) is 48.0 Å². The molecule has 1 aliphatic rings. The van der Waals surface area contributed by atoms with Crippen molar-refractivity contribution in [2.24, 2.45) is 0 Å². The average molecular weight is 307 g/mol. The van der Waals surface area contributed by atoms with Gasteiger partial charge in [-0.1, -0.05) is 63.2 Å². The summed E-state index contributed by atoms with van der Waals surface area (Å²) in [6.07, 6.45) is 0. The van der Waals surface area contributed by atoms with E-state index in [0.717, 1.165) is 10.4 Å². The van der Waals surface area contributed by atoms with Crippen molar-refractivity contribution in [1.29, 1.82) is 0 Å². The van der Waals surface area contributed by atoms with Crippen molar-refractivity contribution in [2.75, 3.05) is 0 Å². The standard InChI is InChI=1S/C16H16Cl2Si/c1-16(2,3)11-8-9-15-13(10-11)12-6-4-5-7-14(12)19(15,17)18/h4-10H,1-3H3. The fourth-order valence-corrected chi connectivity index (χ4v) is 6.61. The van der Waals surface area contributed by atoms with Gasteiger partial charge >= 0.3 is 6.69 Å². The molecule has 1 heterocycles. The Hall–Kier alpha value is -0.763. The van der Waals surface area contributed by atoms with Crippen LogP contribution in [0.3, 0.4) is 0 Å². The summed E-state index contributed by atoms with van der Waals surface area (Å²) in [5.41, 5.74) is 3.89. The molecule has 98 valence electrons. The third kappa shape index (κ3) is 1.96. The number of benzene rings is 2. The van der Waals surface area contributed by atoms with Gasteiger partial charge in [-0.15, -0.1) is 22.2 Å². The van der Waals surface area contributed by atoms with E-state index in [1.54, 1.807) is 0 Å². The lowest BCUT2D eigenvalue weighted by atomic mass is 9.85. The summed E-state index contributed by atoms with van der Waals surface area (Å²) in [6.45, 7) is 4.15. The van der Waals surface area contributed by atoms with E-state index in [4.69, 9.17) is 22.2 Å². The van der Waals surface area contributed by atoms with Crippen molar-refractivity contribution in [2.45, 2.75) is 26.2 Å². The van der Waals surface area contributed by atoms with Gasteiger partial charge in [-0.3, -0.25) is 0 Å². The van der Waals surface area contributed by atoms with Crippen LogP contribution >= 0.6 is 22.2 Å². The number of fused-ring (bicyclic) bond motifs is 3. The highest BCUT2D eigenvalue weighted by atomic mass is 35.7. The Balaban J connectivity index is 2.29. The second kappa shape index (κ2) is 4.11. The van der Waals surface area contributed by atoms with Crippen molar-refractivity contribution in [3.8, 4) is 11.1 Å². The number of hydrogen-bond acceptors (Lipinski definition) is 0. The fraction of sp³-hybridized carbons (Fsp3) is 0.250. The summed E-state index contributed by atoms with van der Waals surface area (Å²) in [5, 5.41) is 2.25. The highest BCUT2D eigenvalue weighted by Gasteiger charge is 2.43. The van der Waals surface area contributed by atoms with E-state index in [9.17, 15) is 0 Å². The van der Waals surface area contributed by atoms with E-state index in [2.05, 4.69) is 57.2 Å². The Kier molecular flexibility index (Phi) is 2.86. The van der Waals surface area contributed by atoms with Crippen LogP contribution in [-0.4, -0.2) is 6.69 Å². The zero-order valence-electron chi connectivity index (χ0n) is 11.3. The van der Waals surface area contributed by atoms with E-state index in [1.807, 2.05) is 6.07 Å². The molecular weight excluding hydrogens is 291 g/mol. The molecule has 0 N–H and O–H groups in total. The van der Waals surface area contributed by atoms with Crippen molar-refractivity contribution < 1.29 is 0 Å². The molecule has 0 radical (unpaired) electrons. The summed E-state index contributed by atoms with van der Waals surface area (Å²) in [5.74, 6) is 0. The first-order valence-corrected chi connectivity index (χ1v) is 10.5. The molecule has 0 amide bonds. The Morgan fingerprint density at radius 1 is 0.842 bits per heavy atom. The maximum atomic E-state index is 6.70. The van der Waals surface area contributed by atoms with Crippen LogP contribution in [0.25, 0.3) is 11.1 Å². The highest BCUT2D eigenvalue weighted by Crippen LogP contribution is 2.35. The van der Waals surface area contributed by atoms with E-state index >= 15 is 0 Å². The average Bonchev–Trinajstić information content (AvgIpc) is 2.58. The topological polar surface area (TPSA) is 0 Å². The zero-order valence-corrected chi connectivity index (χ0v) is 13.8. The van der Waals surface area contributed by atoms with Crippen LogP contribution in [0.5, 0.6) is 0 Å². The maximum absolute atomic E-state index is 6.70. The van der Waals surface area contributed by atoms with Gasteiger partial charge in [0.2, 0.25) is 0 Å². The first kappa shape index (κ1) is 13.2. The summed E-state index contributed by atoms with van der Waals surface area (Å²) < 4.78 is 0. The number of hydrogen-bond donors (Lipinski definition) is 0. The van der Waals surface area contributed by atoms with E-state index in [1.165, 1.54) is 16.7 Å². The molecule has 0 aliphatic carbocycles. The molecule has 0 aromatic heterocycles. The Morgan fingerprint density at radius 2 is 1.47 bits per heavy atom. The van der Waals surface area contributed by atoms with Gasteiger partial charge in [-0.25, -0.2) is 0 Å². The maximum Gasteiger partial charge on any atom is 0.311 e. The minimum atomic E-state index is -2.52. The van der Waals surface area contributed by atoms with Gasteiger partial charge in [-0.2, -0.15) is 0 Å². The van der Waals surface area contributed by atoms with Gasteiger partial charge in [0.25, 0.3) is 0 Å². The van der Waals surface area contributed by atoms with Crippen LogP contribution < -0.4 is 10.4 Å². The van der Waals surface area contributed by atoms with Crippen molar-refractivity contribution >= 4 is 39.2 Å². The van der Waals surface area contributed by atoms with Crippen LogP contribution in [-0.2, 0) is 5.41 Å².